The molecule has 21 heavy (non-hydrogen) atoms. The first kappa shape index (κ1) is 15.8. The predicted octanol–water partition coefficient (Wildman–Crippen LogP) is 1.86. The SMILES string of the molecule is COc1ccc(S(=O)(=O)NCCC2CCC2)cc1C(=O)O. The summed E-state index contributed by atoms with van der Waals surface area (Å²) in [4.78, 5) is 11.1. The van der Waals surface area contributed by atoms with E-state index < -0.39 is 16.0 Å². The average molecular weight is 313 g/mol. The minimum atomic E-state index is -3.69. The van der Waals surface area contributed by atoms with Crippen LogP contribution in [0.15, 0.2) is 23.1 Å². The summed E-state index contributed by atoms with van der Waals surface area (Å²) in [6.07, 6.45) is 4.36. The van der Waals surface area contributed by atoms with Crippen LogP contribution in [0.5, 0.6) is 5.75 Å². The van der Waals surface area contributed by atoms with Gasteiger partial charge in [-0.2, -0.15) is 0 Å². The van der Waals surface area contributed by atoms with E-state index in [4.69, 9.17) is 9.84 Å². The lowest BCUT2D eigenvalue weighted by atomic mass is 9.83. The van der Waals surface area contributed by atoms with Crippen LogP contribution < -0.4 is 9.46 Å². The lowest BCUT2D eigenvalue weighted by Crippen LogP contribution is -2.27. The molecule has 0 aliphatic heterocycles. The zero-order valence-corrected chi connectivity index (χ0v) is 12.6. The fourth-order valence-electron chi connectivity index (χ4n) is 2.28. The van der Waals surface area contributed by atoms with E-state index in [9.17, 15) is 13.2 Å². The molecular weight excluding hydrogens is 294 g/mol. The maximum absolute atomic E-state index is 12.1. The molecule has 116 valence electrons. The normalized spacial score (nSPS) is 15.5. The minimum Gasteiger partial charge on any atom is -0.496 e. The number of carboxylic acid groups (broad SMARTS) is 1. The molecule has 2 N–H and O–H groups in total. The van der Waals surface area contributed by atoms with E-state index in [1.165, 1.54) is 25.7 Å². The fourth-order valence-corrected chi connectivity index (χ4v) is 3.36. The van der Waals surface area contributed by atoms with Gasteiger partial charge < -0.3 is 9.84 Å². The lowest BCUT2D eigenvalue weighted by molar-refractivity contribution is 0.0693. The molecule has 0 bridgehead atoms. The highest BCUT2D eigenvalue weighted by Crippen LogP contribution is 2.29. The Kier molecular flexibility index (Phi) is 4.84. The second kappa shape index (κ2) is 6.44. The average Bonchev–Trinajstić information content (AvgIpc) is 2.40. The van der Waals surface area contributed by atoms with Crippen molar-refractivity contribution >= 4 is 16.0 Å². The number of sulfonamides is 1. The number of methoxy groups -OCH3 is 1. The van der Waals surface area contributed by atoms with Gasteiger partial charge in [-0.1, -0.05) is 19.3 Å². The van der Waals surface area contributed by atoms with Crippen molar-refractivity contribution in [1.82, 2.24) is 4.72 Å². The predicted molar refractivity (Wildman–Crippen MR) is 77.1 cm³/mol. The van der Waals surface area contributed by atoms with Crippen LogP contribution in [0.2, 0.25) is 0 Å². The molecule has 1 fully saturated rings. The van der Waals surface area contributed by atoms with Crippen molar-refractivity contribution in [3.63, 3.8) is 0 Å². The largest absolute Gasteiger partial charge is 0.496 e. The van der Waals surface area contributed by atoms with E-state index in [0.29, 0.717) is 12.5 Å². The zero-order valence-electron chi connectivity index (χ0n) is 11.8. The number of benzene rings is 1. The highest BCUT2D eigenvalue weighted by molar-refractivity contribution is 7.89. The molecule has 7 heteroatoms. The number of nitrogens with one attached hydrogen (secondary N) is 1. The number of aromatic carboxylic acids is 1. The smallest absolute Gasteiger partial charge is 0.339 e. The molecule has 1 saturated carbocycles. The molecule has 0 atom stereocenters. The first-order chi connectivity index (χ1) is 9.94. The van der Waals surface area contributed by atoms with Crippen LogP contribution in [0.1, 0.15) is 36.0 Å². The van der Waals surface area contributed by atoms with Crippen LogP contribution in [-0.4, -0.2) is 33.1 Å². The molecule has 0 amide bonds. The maximum Gasteiger partial charge on any atom is 0.339 e. The van der Waals surface area contributed by atoms with Crippen molar-refractivity contribution in [2.24, 2.45) is 5.92 Å². The summed E-state index contributed by atoms with van der Waals surface area (Å²) in [5, 5.41) is 9.08. The lowest BCUT2D eigenvalue weighted by Gasteiger charge is -2.25. The maximum atomic E-state index is 12.1. The van der Waals surface area contributed by atoms with Crippen LogP contribution >= 0.6 is 0 Å². The monoisotopic (exact) mass is 313 g/mol. The first-order valence-corrected chi connectivity index (χ1v) is 8.33. The number of carbonyl (C=O) groups is 1. The molecule has 0 unspecified atom stereocenters. The van der Waals surface area contributed by atoms with Crippen molar-refractivity contribution in [2.75, 3.05) is 13.7 Å². The standard InChI is InChI=1S/C14H19NO5S/c1-20-13-6-5-11(9-12(13)14(16)17)21(18,19)15-8-7-10-3-2-4-10/h5-6,9-10,15H,2-4,7-8H2,1H3,(H,16,17). The molecule has 0 saturated heterocycles. The molecule has 0 spiro atoms. The molecule has 1 aliphatic carbocycles. The van der Waals surface area contributed by atoms with Crippen LogP contribution in [0.4, 0.5) is 0 Å². The van der Waals surface area contributed by atoms with Crippen LogP contribution in [-0.2, 0) is 10.0 Å². The Morgan fingerprint density at radius 2 is 2.14 bits per heavy atom. The van der Waals surface area contributed by atoms with Gasteiger partial charge in [0, 0.05) is 6.54 Å². The van der Waals surface area contributed by atoms with Gasteiger partial charge in [-0.05, 0) is 30.5 Å². The highest BCUT2D eigenvalue weighted by atomic mass is 32.2. The van der Waals surface area contributed by atoms with E-state index in [0.717, 1.165) is 25.3 Å². The molecule has 2 rings (SSSR count). The van der Waals surface area contributed by atoms with E-state index in [1.807, 2.05) is 0 Å². The van der Waals surface area contributed by atoms with Gasteiger partial charge in [0.05, 0.1) is 12.0 Å². The number of rotatable bonds is 7. The first-order valence-electron chi connectivity index (χ1n) is 6.85. The Labute approximate surface area is 124 Å². The Hall–Kier alpha value is -1.60. The number of ether oxygens (including phenoxy) is 1. The van der Waals surface area contributed by atoms with Crippen molar-refractivity contribution in [3.8, 4) is 5.75 Å². The summed E-state index contributed by atoms with van der Waals surface area (Å²) in [5.41, 5.74) is -0.167. The second-order valence-corrected chi connectivity index (χ2v) is 6.92. The van der Waals surface area contributed by atoms with E-state index in [1.54, 1.807) is 0 Å². The van der Waals surface area contributed by atoms with Gasteiger partial charge in [0.25, 0.3) is 0 Å². The summed E-state index contributed by atoms with van der Waals surface area (Å²) in [6.45, 7) is 0.376. The second-order valence-electron chi connectivity index (χ2n) is 5.15. The van der Waals surface area contributed by atoms with E-state index in [-0.39, 0.29) is 16.2 Å². The summed E-state index contributed by atoms with van der Waals surface area (Å²) < 4.78 is 31.7. The Bertz CT molecular complexity index is 622. The Morgan fingerprint density at radius 1 is 1.43 bits per heavy atom. The van der Waals surface area contributed by atoms with Gasteiger partial charge in [0.15, 0.2) is 0 Å². The molecule has 0 radical (unpaired) electrons. The molecule has 1 aliphatic rings. The quantitative estimate of drug-likeness (QED) is 0.801. The summed E-state index contributed by atoms with van der Waals surface area (Å²) in [5.74, 6) is -0.479. The van der Waals surface area contributed by atoms with Crippen molar-refractivity contribution in [2.45, 2.75) is 30.6 Å². The van der Waals surface area contributed by atoms with Gasteiger partial charge >= 0.3 is 5.97 Å². The van der Waals surface area contributed by atoms with Gasteiger partial charge in [-0.3, -0.25) is 0 Å². The zero-order chi connectivity index (χ0) is 15.5. The summed E-state index contributed by atoms with van der Waals surface area (Å²) >= 11 is 0. The van der Waals surface area contributed by atoms with Gasteiger partial charge in [-0.15, -0.1) is 0 Å². The van der Waals surface area contributed by atoms with Crippen molar-refractivity contribution in [1.29, 1.82) is 0 Å². The summed E-state index contributed by atoms with van der Waals surface area (Å²) in [6, 6.07) is 3.81. The fraction of sp³-hybridized carbons (Fsp3) is 0.500. The third-order valence-corrected chi connectivity index (χ3v) is 5.24. The van der Waals surface area contributed by atoms with E-state index >= 15 is 0 Å². The molecule has 6 nitrogen and oxygen atoms in total. The number of hydrogen-bond acceptors (Lipinski definition) is 4. The highest BCUT2D eigenvalue weighted by Gasteiger charge is 2.21. The molecule has 0 heterocycles. The Morgan fingerprint density at radius 3 is 2.67 bits per heavy atom. The van der Waals surface area contributed by atoms with Crippen molar-refractivity contribution < 1.29 is 23.1 Å². The van der Waals surface area contributed by atoms with Gasteiger partial charge in [0.2, 0.25) is 10.0 Å². The minimum absolute atomic E-state index is 0.0608. The van der Waals surface area contributed by atoms with Crippen LogP contribution in [0.25, 0.3) is 0 Å². The third-order valence-electron chi connectivity index (χ3n) is 3.78. The Balaban J connectivity index is 2.11. The summed E-state index contributed by atoms with van der Waals surface area (Å²) in [7, 11) is -2.35. The molecule has 1 aromatic carbocycles. The number of carboxylic acids is 1. The van der Waals surface area contributed by atoms with Crippen LogP contribution in [0, 0.1) is 5.92 Å². The molecule has 1 aromatic rings. The molecule has 0 aromatic heterocycles. The van der Waals surface area contributed by atoms with Crippen LogP contribution in [0.3, 0.4) is 0 Å². The topological polar surface area (TPSA) is 92.7 Å². The van der Waals surface area contributed by atoms with Crippen molar-refractivity contribution in [3.05, 3.63) is 23.8 Å². The molecular formula is C14H19NO5S. The number of hydrogen-bond donors (Lipinski definition) is 2. The van der Waals surface area contributed by atoms with Gasteiger partial charge in [0.1, 0.15) is 11.3 Å². The third kappa shape index (κ3) is 3.74. The van der Waals surface area contributed by atoms with Gasteiger partial charge in [-0.25, -0.2) is 17.9 Å². The van der Waals surface area contributed by atoms with E-state index in [2.05, 4.69) is 4.72 Å².